The second-order valence-electron chi connectivity index (χ2n) is 7.20. The summed E-state index contributed by atoms with van der Waals surface area (Å²) in [6, 6.07) is 5.36. The molecule has 0 aromatic heterocycles. The molecule has 0 atom stereocenters. The summed E-state index contributed by atoms with van der Waals surface area (Å²) >= 11 is 0. The van der Waals surface area contributed by atoms with Gasteiger partial charge in [-0.25, -0.2) is 4.99 Å². The van der Waals surface area contributed by atoms with Crippen LogP contribution in [0.5, 0.6) is 11.5 Å². The third kappa shape index (κ3) is 5.05. The number of amides is 1. The van der Waals surface area contributed by atoms with Crippen LogP contribution in [-0.4, -0.2) is 56.2 Å². The number of aromatic hydroxyl groups is 1. The van der Waals surface area contributed by atoms with Crippen molar-refractivity contribution in [3.05, 3.63) is 23.8 Å². The number of hydrogen-bond acceptors (Lipinski definition) is 4. The molecule has 1 aliphatic rings. The van der Waals surface area contributed by atoms with E-state index in [0.717, 1.165) is 25.7 Å². The summed E-state index contributed by atoms with van der Waals surface area (Å²) in [5.41, 5.74) is 0.323. The van der Waals surface area contributed by atoms with Crippen LogP contribution in [0, 0.1) is 5.41 Å². The molecule has 0 unspecified atom stereocenters. The van der Waals surface area contributed by atoms with Crippen LogP contribution in [0.4, 0.5) is 0 Å². The molecule has 1 fully saturated rings. The van der Waals surface area contributed by atoms with Gasteiger partial charge in [-0.3, -0.25) is 4.79 Å². The number of rotatable bonds is 7. The highest BCUT2D eigenvalue weighted by molar-refractivity contribution is 5.85. The fourth-order valence-electron chi connectivity index (χ4n) is 3.61. The zero-order chi connectivity index (χ0) is 19.9. The van der Waals surface area contributed by atoms with Gasteiger partial charge < -0.3 is 25.4 Å². The molecule has 2 rings (SSSR count). The smallest absolute Gasteiger partial charge is 0.230 e. The minimum Gasteiger partial charge on any atom is -0.504 e. The molecule has 0 radical (unpaired) electrons. The molecule has 150 valence electrons. The van der Waals surface area contributed by atoms with Crippen LogP contribution in [0.2, 0.25) is 0 Å². The molecule has 1 aromatic rings. The molecule has 7 nitrogen and oxygen atoms in total. The zero-order valence-corrected chi connectivity index (χ0v) is 16.8. The second kappa shape index (κ2) is 9.48. The number of benzene rings is 1. The molecule has 0 saturated heterocycles. The minimum atomic E-state index is -0.363. The summed E-state index contributed by atoms with van der Waals surface area (Å²) in [5.74, 6) is 1.35. The number of phenolic OH excluding ortho intramolecular Hbond substituents is 1. The number of para-hydroxylation sites is 1. The summed E-state index contributed by atoms with van der Waals surface area (Å²) in [6.07, 6.45) is 3.94. The SMILES string of the molecule is CCNC(=NCc1cccc(OC)c1O)NCC1(C(=O)N(C)C)CCCC1. The van der Waals surface area contributed by atoms with Gasteiger partial charge >= 0.3 is 0 Å². The van der Waals surface area contributed by atoms with Gasteiger partial charge in [0, 0.05) is 32.7 Å². The maximum atomic E-state index is 12.7. The first-order chi connectivity index (χ1) is 12.9. The lowest BCUT2D eigenvalue weighted by Gasteiger charge is -2.31. The summed E-state index contributed by atoms with van der Waals surface area (Å²) in [5, 5.41) is 16.8. The first-order valence-corrected chi connectivity index (χ1v) is 9.52. The third-order valence-electron chi connectivity index (χ3n) is 5.07. The largest absolute Gasteiger partial charge is 0.504 e. The molecule has 0 spiro atoms. The van der Waals surface area contributed by atoms with E-state index in [2.05, 4.69) is 15.6 Å². The molecule has 1 saturated carbocycles. The zero-order valence-electron chi connectivity index (χ0n) is 16.8. The molecule has 7 heteroatoms. The number of aliphatic imine (C=N–C) groups is 1. The number of ether oxygens (including phenoxy) is 1. The van der Waals surface area contributed by atoms with Gasteiger partial charge in [-0.15, -0.1) is 0 Å². The lowest BCUT2D eigenvalue weighted by Crippen LogP contribution is -2.49. The number of phenols is 1. The van der Waals surface area contributed by atoms with Gasteiger partial charge in [-0.1, -0.05) is 25.0 Å². The van der Waals surface area contributed by atoms with Crippen molar-refractivity contribution in [1.29, 1.82) is 0 Å². The molecule has 0 aliphatic heterocycles. The maximum absolute atomic E-state index is 12.7. The van der Waals surface area contributed by atoms with Crippen LogP contribution in [0.15, 0.2) is 23.2 Å². The Hall–Kier alpha value is -2.44. The maximum Gasteiger partial charge on any atom is 0.230 e. The Kier molecular flexibility index (Phi) is 7.33. The van der Waals surface area contributed by atoms with Crippen molar-refractivity contribution >= 4 is 11.9 Å². The van der Waals surface area contributed by atoms with E-state index >= 15 is 0 Å². The van der Waals surface area contributed by atoms with Crippen molar-refractivity contribution in [2.45, 2.75) is 39.2 Å². The van der Waals surface area contributed by atoms with E-state index in [-0.39, 0.29) is 17.1 Å². The van der Waals surface area contributed by atoms with Crippen LogP contribution in [0.1, 0.15) is 38.2 Å². The normalized spacial score (nSPS) is 16.1. The highest BCUT2D eigenvalue weighted by Gasteiger charge is 2.42. The first-order valence-electron chi connectivity index (χ1n) is 9.52. The molecule has 3 N–H and O–H groups in total. The van der Waals surface area contributed by atoms with Crippen LogP contribution in [0.3, 0.4) is 0 Å². The van der Waals surface area contributed by atoms with Gasteiger partial charge in [0.25, 0.3) is 0 Å². The van der Waals surface area contributed by atoms with Crippen LogP contribution >= 0.6 is 0 Å². The molecule has 1 aromatic carbocycles. The Balaban J connectivity index is 2.10. The van der Waals surface area contributed by atoms with Gasteiger partial charge in [0.2, 0.25) is 5.91 Å². The Morgan fingerprint density at radius 2 is 2.00 bits per heavy atom. The van der Waals surface area contributed by atoms with E-state index in [4.69, 9.17) is 4.74 Å². The van der Waals surface area contributed by atoms with Crippen molar-refractivity contribution < 1.29 is 14.6 Å². The van der Waals surface area contributed by atoms with Gasteiger partial charge in [-0.2, -0.15) is 0 Å². The van der Waals surface area contributed by atoms with Gasteiger partial charge in [0.15, 0.2) is 17.5 Å². The number of nitrogens with one attached hydrogen (secondary N) is 2. The van der Waals surface area contributed by atoms with Gasteiger partial charge in [0.1, 0.15) is 0 Å². The summed E-state index contributed by atoms with van der Waals surface area (Å²) < 4.78 is 5.15. The van der Waals surface area contributed by atoms with Gasteiger partial charge in [-0.05, 0) is 25.8 Å². The van der Waals surface area contributed by atoms with E-state index < -0.39 is 0 Å². The standard InChI is InChI=1S/C20H32N4O3/c1-5-21-19(22-13-15-9-8-10-16(27-4)17(15)25)23-14-20(11-6-7-12-20)18(26)24(2)3/h8-10,25H,5-7,11-14H2,1-4H3,(H2,21,22,23). The lowest BCUT2D eigenvalue weighted by atomic mass is 9.84. The van der Waals surface area contributed by atoms with Crippen molar-refractivity contribution in [1.82, 2.24) is 15.5 Å². The van der Waals surface area contributed by atoms with Crippen LogP contribution < -0.4 is 15.4 Å². The predicted molar refractivity (Wildman–Crippen MR) is 107 cm³/mol. The quantitative estimate of drug-likeness (QED) is 0.501. The number of methoxy groups -OCH3 is 1. The Labute approximate surface area is 161 Å². The van der Waals surface area contributed by atoms with Crippen molar-refractivity contribution in [3.8, 4) is 11.5 Å². The summed E-state index contributed by atoms with van der Waals surface area (Å²) in [7, 11) is 5.15. The number of carbonyl (C=O) groups excluding carboxylic acids is 1. The molecule has 0 heterocycles. The third-order valence-corrected chi connectivity index (χ3v) is 5.07. The molecule has 27 heavy (non-hydrogen) atoms. The van der Waals surface area contributed by atoms with Crippen molar-refractivity contribution in [2.75, 3.05) is 34.3 Å². The second-order valence-corrected chi connectivity index (χ2v) is 7.20. The van der Waals surface area contributed by atoms with Crippen LogP contribution in [0.25, 0.3) is 0 Å². The van der Waals surface area contributed by atoms with Crippen molar-refractivity contribution in [3.63, 3.8) is 0 Å². The Bertz CT molecular complexity index is 667. The minimum absolute atomic E-state index is 0.106. The van der Waals surface area contributed by atoms with Crippen LogP contribution in [-0.2, 0) is 11.3 Å². The summed E-state index contributed by atoms with van der Waals surface area (Å²) in [6.45, 7) is 3.58. The lowest BCUT2D eigenvalue weighted by molar-refractivity contribution is -0.138. The van der Waals surface area contributed by atoms with Crippen molar-refractivity contribution in [2.24, 2.45) is 10.4 Å². The number of carbonyl (C=O) groups is 1. The predicted octanol–water partition coefficient (Wildman–Crippen LogP) is 2.10. The highest BCUT2D eigenvalue weighted by Crippen LogP contribution is 2.39. The first kappa shape index (κ1) is 20.9. The van der Waals surface area contributed by atoms with E-state index in [1.807, 2.05) is 33.2 Å². The van der Waals surface area contributed by atoms with E-state index in [1.165, 1.54) is 7.11 Å². The van der Waals surface area contributed by atoms with E-state index in [1.54, 1.807) is 11.0 Å². The highest BCUT2D eigenvalue weighted by atomic mass is 16.5. The average molecular weight is 377 g/mol. The Morgan fingerprint density at radius 3 is 2.59 bits per heavy atom. The van der Waals surface area contributed by atoms with Gasteiger partial charge in [0.05, 0.1) is 19.1 Å². The summed E-state index contributed by atoms with van der Waals surface area (Å²) in [4.78, 5) is 19.0. The Morgan fingerprint density at radius 1 is 1.30 bits per heavy atom. The van der Waals surface area contributed by atoms with E-state index in [0.29, 0.717) is 36.9 Å². The number of nitrogens with zero attached hydrogens (tertiary/aromatic N) is 2. The molecular formula is C20H32N4O3. The molecule has 1 amide bonds. The number of guanidine groups is 1. The molecular weight excluding hydrogens is 344 g/mol. The van der Waals surface area contributed by atoms with E-state index in [9.17, 15) is 9.90 Å². The molecule has 1 aliphatic carbocycles. The number of hydrogen-bond donors (Lipinski definition) is 3. The fourth-order valence-corrected chi connectivity index (χ4v) is 3.61. The molecule has 0 bridgehead atoms. The topological polar surface area (TPSA) is 86.2 Å². The average Bonchev–Trinajstić information content (AvgIpc) is 3.14. The monoisotopic (exact) mass is 376 g/mol. The fraction of sp³-hybridized carbons (Fsp3) is 0.600.